The summed E-state index contributed by atoms with van der Waals surface area (Å²) in [5.74, 6) is -0.355. The summed E-state index contributed by atoms with van der Waals surface area (Å²) in [7, 11) is 0. The molecule has 0 aliphatic heterocycles. The minimum absolute atomic E-state index is 0.0685. The van der Waals surface area contributed by atoms with Gasteiger partial charge in [-0.25, -0.2) is 0 Å². The van der Waals surface area contributed by atoms with E-state index in [0.29, 0.717) is 28.1 Å². The van der Waals surface area contributed by atoms with E-state index in [2.05, 4.69) is 22.0 Å². The van der Waals surface area contributed by atoms with Gasteiger partial charge in [-0.2, -0.15) is 5.26 Å². The quantitative estimate of drug-likeness (QED) is 0.633. The summed E-state index contributed by atoms with van der Waals surface area (Å²) in [6.07, 6.45) is 0.0685. The van der Waals surface area contributed by atoms with Crippen molar-refractivity contribution in [3.8, 4) is 6.07 Å². The number of rotatable bonds is 4. The van der Waals surface area contributed by atoms with Crippen LogP contribution in [0.5, 0.6) is 0 Å². The van der Waals surface area contributed by atoms with Crippen LogP contribution in [-0.2, 0) is 21.3 Å². The van der Waals surface area contributed by atoms with Crippen molar-refractivity contribution >= 4 is 33.5 Å². The van der Waals surface area contributed by atoms with E-state index >= 15 is 0 Å². The summed E-state index contributed by atoms with van der Waals surface area (Å²) in [5.41, 5.74) is 1.88. The van der Waals surface area contributed by atoms with Crippen molar-refractivity contribution in [2.45, 2.75) is 18.7 Å². The van der Waals surface area contributed by atoms with E-state index in [9.17, 15) is 4.79 Å². The summed E-state index contributed by atoms with van der Waals surface area (Å²) in [6.45, 7) is 2.07. The predicted octanol–water partition coefficient (Wildman–Crippen LogP) is 3.21. The third-order valence-corrected chi connectivity index (χ3v) is 3.13. The molecule has 1 aromatic rings. The second-order valence-electron chi connectivity index (χ2n) is 3.33. The molecule has 1 aromatic carbocycles. The maximum atomic E-state index is 11.4. The molecule has 3 nitrogen and oxygen atoms in total. The Morgan fingerprint density at radius 1 is 1.53 bits per heavy atom. The molecule has 0 aliphatic carbocycles. The van der Waals surface area contributed by atoms with E-state index in [1.54, 1.807) is 19.1 Å². The fourth-order valence-electron chi connectivity index (χ4n) is 1.38. The maximum absolute atomic E-state index is 11.4. The van der Waals surface area contributed by atoms with E-state index in [0.717, 1.165) is 5.56 Å². The number of carbonyl (C=O) groups excluding carboxylic acids is 1. The maximum Gasteiger partial charge on any atom is 0.310 e. The van der Waals surface area contributed by atoms with Crippen molar-refractivity contribution in [1.82, 2.24) is 0 Å². The fourth-order valence-corrected chi connectivity index (χ4v) is 2.26. The standard InChI is InChI=1S/C12H11BrClNO2/c1-2-17-12(16)5-8-4-11(14)9(6-13)3-10(8)7-15/h3-4H,2,5-6H2,1H3. The third-order valence-electron chi connectivity index (χ3n) is 2.18. The molecule has 0 bridgehead atoms. The third kappa shape index (κ3) is 3.72. The largest absolute Gasteiger partial charge is 0.466 e. The number of benzene rings is 1. The second-order valence-corrected chi connectivity index (χ2v) is 4.30. The minimum Gasteiger partial charge on any atom is -0.466 e. The van der Waals surface area contributed by atoms with Crippen molar-refractivity contribution < 1.29 is 9.53 Å². The average molecular weight is 317 g/mol. The van der Waals surface area contributed by atoms with Gasteiger partial charge in [0.2, 0.25) is 0 Å². The molecule has 90 valence electrons. The highest BCUT2D eigenvalue weighted by molar-refractivity contribution is 9.08. The Morgan fingerprint density at radius 2 is 2.24 bits per heavy atom. The Morgan fingerprint density at radius 3 is 2.76 bits per heavy atom. The van der Waals surface area contributed by atoms with Gasteiger partial charge in [-0.05, 0) is 30.2 Å². The number of hydrogen-bond donors (Lipinski definition) is 0. The molecule has 0 fully saturated rings. The Balaban J connectivity index is 3.03. The number of ether oxygens (including phenoxy) is 1. The lowest BCUT2D eigenvalue weighted by atomic mass is 10.0. The SMILES string of the molecule is CCOC(=O)Cc1cc(Cl)c(CBr)cc1C#N. The van der Waals surface area contributed by atoms with Gasteiger partial charge in [-0.3, -0.25) is 4.79 Å². The first-order chi connectivity index (χ1) is 8.12. The van der Waals surface area contributed by atoms with E-state index in [4.69, 9.17) is 21.6 Å². The zero-order valence-electron chi connectivity index (χ0n) is 9.30. The number of nitriles is 1. The summed E-state index contributed by atoms with van der Waals surface area (Å²) in [5, 5.41) is 10.1. The number of hydrogen-bond acceptors (Lipinski definition) is 3. The number of alkyl halides is 1. The van der Waals surface area contributed by atoms with Crippen molar-refractivity contribution in [3.63, 3.8) is 0 Å². The van der Waals surface area contributed by atoms with Crippen LogP contribution in [0.4, 0.5) is 0 Å². The highest BCUT2D eigenvalue weighted by atomic mass is 79.9. The Hall–Kier alpha value is -1.05. The molecule has 5 heteroatoms. The first-order valence-electron chi connectivity index (χ1n) is 5.05. The molecule has 0 heterocycles. The highest BCUT2D eigenvalue weighted by Gasteiger charge is 2.12. The second kappa shape index (κ2) is 6.63. The van der Waals surface area contributed by atoms with Gasteiger partial charge in [0.05, 0.1) is 24.7 Å². The molecule has 0 spiro atoms. The number of esters is 1. The van der Waals surface area contributed by atoms with Crippen LogP contribution in [0.2, 0.25) is 5.02 Å². The van der Waals surface area contributed by atoms with Gasteiger partial charge < -0.3 is 4.74 Å². The summed E-state index contributed by atoms with van der Waals surface area (Å²) >= 11 is 9.31. The molecule has 0 N–H and O–H groups in total. The topological polar surface area (TPSA) is 50.1 Å². The van der Waals surface area contributed by atoms with Gasteiger partial charge in [0, 0.05) is 10.4 Å². The molecule has 0 amide bonds. The lowest BCUT2D eigenvalue weighted by Crippen LogP contribution is -2.09. The van der Waals surface area contributed by atoms with Gasteiger partial charge in [0.1, 0.15) is 0 Å². The predicted molar refractivity (Wildman–Crippen MR) is 69.1 cm³/mol. The Labute approximate surface area is 113 Å². The fraction of sp³-hybridized carbons (Fsp3) is 0.333. The van der Waals surface area contributed by atoms with Crippen molar-refractivity contribution in [2.75, 3.05) is 6.61 Å². The van der Waals surface area contributed by atoms with Crippen molar-refractivity contribution in [1.29, 1.82) is 5.26 Å². The van der Waals surface area contributed by atoms with Crippen molar-refractivity contribution in [3.05, 3.63) is 33.8 Å². The first kappa shape index (κ1) is 14.0. The average Bonchev–Trinajstić information content (AvgIpc) is 2.29. The molecule has 17 heavy (non-hydrogen) atoms. The van der Waals surface area contributed by atoms with Crippen LogP contribution in [0.15, 0.2) is 12.1 Å². The molecule has 0 aromatic heterocycles. The van der Waals surface area contributed by atoms with Crippen molar-refractivity contribution in [2.24, 2.45) is 0 Å². The molecule has 0 saturated carbocycles. The molecule has 0 unspecified atom stereocenters. The van der Waals surface area contributed by atoms with Crippen LogP contribution in [0.25, 0.3) is 0 Å². The normalized spacial score (nSPS) is 9.76. The van der Waals surface area contributed by atoms with Gasteiger partial charge >= 0.3 is 5.97 Å². The molecular formula is C12H11BrClNO2. The Kier molecular flexibility index (Phi) is 5.46. The number of halogens is 2. The van der Waals surface area contributed by atoms with Crippen LogP contribution in [0.1, 0.15) is 23.6 Å². The zero-order chi connectivity index (χ0) is 12.8. The van der Waals surface area contributed by atoms with Crippen LogP contribution >= 0.6 is 27.5 Å². The first-order valence-corrected chi connectivity index (χ1v) is 6.55. The molecule has 0 radical (unpaired) electrons. The van der Waals surface area contributed by atoms with Gasteiger partial charge in [-0.15, -0.1) is 0 Å². The van der Waals surface area contributed by atoms with E-state index in [1.807, 2.05) is 0 Å². The summed E-state index contributed by atoms with van der Waals surface area (Å²) in [6, 6.07) is 5.39. The van der Waals surface area contributed by atoms with E-state index < -0.39 is 0 Å². The monoisotopic (exact) mass is 315 g/mol. The highest BCUT2D eigenvalue weighted by Crippen LogP contribution is 2.24. The minimum atomic E-state index is -0.355. The summed E-state index contributed by atoms with van der Waals surface area (Å²) < 4.78 is 4.84. The molecule has 0 aliphatic rings. The van der Waals surface area contributed by atoms with Gasteiger partial charge in [0.15, 0.2) is 0 Å². The number of nitrogens with zero attached hydrogens (tertiary/aromatic N) is 1. The summed E-state index contributed by atoms with van der Waals surface area (Å²) in [4.78, 5) is 11.4. The van der Waals surface area contributed by atoms with Crippen LogP contribution in [-0.4, -0.2) is 12.6 Å². The van der Waals surface area contributed by atoms with E-state index in [-0.39, 0.29) is 12.4 Å². The molecule has 1 rings (SSSR count). The van der Waals surface area contributed by atoms with Gasteiger partial charge in [-0.1, -0.05) is 27.5 Å². The van der Waals surface area contributed by atoms with Crippen LogP contribution in [0.3, 0.4) is 0 Å². The smallest absolute Gasteiger partial charge is 0.310 e. The zero-order valence-corrected chi connectivity index (χ0v) is 11.6. The molecule has 0 atom stereocenters. The molecular weight excluding hydrogens is 305 g/mol. The lowest BCUT2D eigenvalue weighted by molar-refractivity contribution is -0.142. The molecule has 0 saturated heterocycles. The van der Waals surface area contributed by atoms with Gasteiger partial charge in [0.25, 0.3) is 0 Å². The van der Waals surface area contributed by atoms with Crippen LogP contribution in [0, 0.1) is 11.3 Å². The Bertz CT molecular complexity index is 468. The van der Waals surface area contributed by atoms with Crippen LogP contribution < -0.4 is 0 Å². The van der Waals surface area contributed by atoms with E-state index in [1.165, 1.54) is 0 Å². The number of carbonyl (C=O) groups is 1. The lowest BCUT2D eigenvalue weighted by Gasteiger charge is -2.07.